The molecule has 1 saturated heterocycles. The van der Waals surface area contributed by atoms with E-state index < -0.39 is 0 Å². The van der Waals surface area contributed by atoms with Crippen LogP contribution in [0.1, 0.15) is 38.2 Å². The standard InChI is InChI=1S/C18H24FN3O2/c1-13(23)21-10-9-15(12-21)20-18(24)22(16-6-4-7-16)11-14-5-2-3-8-17(14)19/h2-3,5,8,15-16H,4,6-7,9-12H2,1H3,(H,20,24)/t15-/m1/s1. The number of nitrogens with zero attached hydrogens (tertiary/aromatic N) is 2. The molecule has 0 unspecified atom stereocenters. The van der Waals surface area contributed by atoms with Crippen LogP contribution in [0.2, 0.25) is 0 Å². The summed E-state index contributed by atoms with van der Waals surface area (Å²) in [5, 5.41) is 3.02. The van der Waals surface area contributed by atoms with Crippen molar-refractivity contribution in [2.75, 3.05) is 13.1 Å². The van der Waals surface area contributed by atoms with Crippen LogP contribution in [0.25, 0.3) is 0 Å². The van der Waals surface area contributed by atoms with Crippen LogP contribution < -0.4 is 5.32 Å². The van der Waals surface area contributed by atoms with Crippen LogP contribution >= 0.6 is 0 Å². The van der Waals surface area contributed by atoms with Crippen LogP contribution in [0.5, 0.6) is 0 Å². The largest absolute Gasteiger partial charge is 0.341 e. The summed E-state index contributed by atoms with van der Waals surface area (Å²) in [5.74, 6) is -0.243. The van der Waals surface area contributed by atoms with E-state index in [1.54, 1.807) is 34.9 Å². The molecule has 0 radical (unpaired) electrons. The zero-order valence-corrected chi connectivity index (χ0v) is 14.0. The molecule has 1 saturated carbocycles. The number of carbonyl (C=O) groups is 2. The molecule has 2 fully saturated rings. The first-order valence-electron chi connectivity index (χ1n) is 8.60. The maximum Gasteiger partial charge on any atom is 0.318 e. The number of nitrogens with one attached hydrogen (secondary N) is 1. The molecule has 1 aliphatic heterocycles. The fraction of sp³-hybridized carbons (Fsp3) is 0.556. The molecule has 130 valence electrons. The van der Waals surface area contributed by atoms with Crippen molar-refractivity contribution in [2.45, 2.75) is 51.2 Å². The van der Waals surface area contributed by atoms with Crippen LogP contribution in [0.15, 0.2) is 24.3 Å². The van der Waals surface area contributed by atoms with Crippen molar-refractivity contribution in [2.24, 2.45) is 0 Å². The highest BCUT2D eigenvalue weighted by atomic mass is 19.1. The Kier molecular flexibility index (Phi) is 5.02. The van der Waals surface area contributed by atoms with Gasteiger partial charge in [0.2, 0.25) is 5.91 Å². The maximum atomic E-state index is 13.9. The van der Waals surface area contributed by atoms with Gasteiger partial charge in [-0.15, -0.1) is 0 Å². The molecule has 24 heavy (non-hydrogen) atoms. The Bertz CT molecular complexity index is 618. The van der Waals surface area contributed by atoms with Gasteiger partial charge in [-0.2, -0.15) is 0 Å². The van der Waals surface area contributed by atoms with Gasteiger partial charge in [-0.1, -0.05) is 18.2 Å². The van der Waals surface area contributed by atoms with E-state index in [9.17, 15) is 14.0 Å². The molecule has 0 spiro atoms. The number of carbonyl (C=O) groups excluding carboxylic acids is 2. The highest BCUT2D eigenvalue weighted by molar-refractivity contribution is 5.76. The normalized spacial score (nSPS) is 20.6. The molecule has 3 rings (SSSR count). The summed E-state index contributed by atoms with van der Waals surface area (Å²) in [6.07, 6.45) is 3.80. The third-order valence-electron chi connectivity index (χ3n) is 5.04. The highest BCUT2D eigenvalue weighted by Crippen LogP contribution is 2.27. The zero-order valence-electron chi connectivity index (χ0n) is 14.0. The number of urea groups is 1. The molecule has 0 bridgehead atoms. The first-order chi connectivity index (χ1) is 11.5. The molecule has 1 N–H and O–H groups in total. The summed E-state index contributed by atoms with van der Waals surface area (Å²) >= 11 is 0. The van der Waals surface area contributed by atoms with Gasteiger partial charge in [0.15, 0.2) is 0 Å². The SMILES string of the molecule is CC(=O)N1CC[C@@H](NC(=O)N(Cc2ccccc2F)C2CCC2)C1. The first-order valence-corrected chi connectivity index (χ1v) is 8.60. The predicted molar refractivity (Wildman–Crippen MR) is 88.8 cm³/mol. The number of rotatable bonds is 4. The van der Waals surface area contributed by atoms with Gasteiger partial charge in [-0.25, -0.2) is 9.18 Å². The van der Waals surface area contributed by atoms with Crippen LogP contribution in [0.4, 0.5) is 9.18 Å². The van der Waals surface area contributed by atoms with Gasteiger partial charge in [0, 0.05) is 37.7 Å². The molecule has 1 atom stereocenters. The molecule has 1 aromatic rings. The average molecular weight is 333 g/mol. The van der Waals surface area contributed by atoms with Crippen molar-refractivity contribution in [3.63, 3.8) is 0 Å². The van der Waals surface area contributed by atoms with Crippen molar-refractivity contribution in [3.05, 3.63) is 35.6 Å². The monoisotopic (exact) mass is 333 g/mol. The Morgan fingerprint density at radius 2 is 2.04 bits per heavy atom. The molecule has 3 amide bonds. The molecule has 1 aromatic carbocycles. The minimum Gasteiger partial charge on any atom is -0.341 e. The Hall–Kier alpha value is -2.11. The summed E-state index contributed by atoms with van der Waals surface area (Å²) in [7, 11) is 0. The number of hydrogen-bond donors (Lipinski definition) is 1. The van der Waals surface area contributed by atoms with Gasteiger partial charge in [0.25, 0.3) is 0 Å². The molecule has 0 aromatic heterocycles. The van der Waals surface area contributed by atoms with E-state index in [0.29, 0.717) is 18.7 Å². The van der Waals surface area contributed by atoms with Crippen molar-refractivity contribution >= 4 is 11.9 Å². The number of halogens is 1. The fourth-order valence-corrected chi connectivity index (χ4v) is 3.30. The van der Waals surface area contributed by atoms with E-state index in [0.717, 1.165) is 25.7 Å². The number of benzene rings is 1. The zero-order chi connectivity index (χ0) is 17.1. The second-order valence-corrected chi connectivity index (χ2v) is 6.70. The number of likely N-dealkylation sites (tertiary alicyclic amines) is 1. The Balaban J connectivity index is 1.64. The molecule has 5 nitrogen and oxygen atoms in total. The van der Waals surface area contributed by atoms with Crippen LogP contribution in [0.3, 0.4) is 0 Å². The lowest BCUT2D eigenvalue weighted by Gasteiger charge is -2.38. The second kappa shape index (κ2) is 7.20. The van der Waals surface area contributed by atoms with E-state index in [-0.39, 0.29) is 36.4 Å². The Morgan fingerprint density at radius 3 is 2.62 bits per heavy atom. The summed E-state index contributed by atoms with van der Waals surface area (Å²) in [6, 6.07) is 6.59. The lowest BCUT2D eigenvalue weighted by atomic mass is 9.91. The lowest BCUT2D eigenvalue weighted by Crippen LogP contribution is -2.51. The molecule has 1 aliphatic carbocycles. The first kappa shape index (κ1) is 16.7. The minimum atomic E-state index is -0.279. The smallest absolute Gasteiger partial charge is 0.318 e. The molecule has 1 heterocycles. The van der Waals surface area contributed by atoms with Crippen LogP contribution in [0, 0.1) is 5.82 Å². The van der Waals surface area contributed by atoms with Crippen molar-refractivity contribution in [1.29, 1.82) is 0 Å². The lowest BCUT2D eigenvalue weighted by molar-refractivity contribution is -0.127. The third kappa shape index (κ3) is 3.68. The fourth-order valence-electron chi connectivity index (χ4n) is 3.30. The van der Waals surface area contributed by atoms with Crippen molar-refractivity contribution < 1.29 is 14.0 Å². The van der Waals surface area contributed by atoms with E-state index in [4.69, 9.17) is 0 Å². The highest BCUT2D eigenvalue weighted by Gasteiger charge is 2.32. The topological polar surface area (TPSA) is 52.7 Å². The quantitative estimate of drug-likeness (QED) is 0.920. The van der Waals surface area contributed by atoms with E-state index >= 15 is 0 Å². The van der Waals surface area contributed by atoms with Gasteiger partial charge in [0.1, 0.15) is 5.82 Å². The second-order valence-electron chi connectivity index (χ2n) is 6.70. The number of amides is 3. The maximum absolute atomic E-state index is 13.9. The summed E-state index contributed by atoms with van der Waals surface area (Å²) in [6.45, 7) is 3.06. The predicted octanol–water partition coefficient (Wildman–Crippen LogP) is 2.51. The molecule has 2 aliphatic rings. The van der Waals surface area contributed by atoms with Gasteiger partial charge in [0.05, 0.1) is 6.54 Å². The minimum absolute atomic E-state index is 0.0235. The van der Waals surface area contributed by atoms with Crippen molar-refractivity contribution in [3.8, 4) is 0 Å². The number of hydrogen-bond acceptors (Lipinski definition) is 2. The summed E-state index contributed by atoms with van der Waals surface area (Å²) in [5.41, 5.74) is 0.538. The molecular weight excluding hydrogens is 309 g/mol. The van der Waals surface area contributed by atoms with Gasteiger partial charge >= 0.3 is 6.03 Å². The van der Waals surface area contributed by atoms with Crippen LogP contribution in [-0.2, 0) is 11.3 Å². The third-order valence-corrected chi connectivity index (χ3v) is 5.04. The van der Waals surface area contributed by atoms with Gasteiger partial charge in [-0.3, -0.25) is 4.79 Å². The summed E-state index contributed by atoms with van der Waals surface area (Å²) < 4.78 is 13.9. The Morgan fingerprint density at radius 1 is 1.29 bits per heavy atom. The average Bonchev–Trinajstić information content (AvgIpc) is 2.95. The molecular formula is C18H24FN3O2. The van der Waals surface area contributed by atoms with Gasteiger partial charge in [-0.05, 0) is 31.7 Å². The summed E-state index contributed by atoms with van der Waals surface area (Å²) in [4.78, 5) is 27.6. The van der Waals surface area contributed by atoms with Gasteiger partial charge < -0.3 is 15.1 Å². The van der Waals surface area contributed by atoms with E-state index in [1.165, 1.54) is 6.07 Å². The molecule has 6 heteroatoms. The van der Waals surface area contributed by atoms with Crippen molar-refractivity contribution in [1.82, 2.24) is 15.1 Å². The van der Waals surface area contributed by atoms with E-state index in [1.807, 2.05) is 0 Å². The van der Waals surface area contributed by atoms with Crippen LogP contribution in [-0.4, -0.2) is 46.9 Å². The Labute approximate surface area is 141 Å². The van der Waals surface area contributed by atoms with E-state index in [2.05, 4.69) is 5.32 Å².